The molecule has 0 amide bonds. The number of hydrogen-bond donors (Lipinski definition) is 1. The van der Waals surface area contributed by atoms with Crippen LogP contribution in [0, 0.1) is 0 Å². The summed E-state index contributed by atoms with van der Waals surface area (Å²) in [7, 11) is 0. The molecular weight excluding hydrogens is 335 g/mol. The SMILES string of the molecule is CC(C)c1ncncc1-c1ccc(C2=NOC(O)(C(F)(F)F)C2)cc1. The van der Waals surface area contributed by atoms with Gasteiger partial charge in [-0.25, -0.2) is 9.97 Å². The molecule has 3 rings (SSSR count). The maximum absolute atomic E-state index is 12.8. The van der Waals surface area contributed by atoms with Gasteiger partial charge in [-0.3, -0.25) is 0 Å². The van der Waals surface area contributed by atoms with E-state index in [4.69, 9.17) is 0 Å². The molecule has 0 radical (unpaired) electrons. The van der Waals surface area contributed by atoms with Crippen LogP contribution in [0.1, 0.15) is 37.4 Å². The minimum absolute atomic E-state index is 0.0415. The molecule has 1 aromatic heterocycles. The molecule has 1 aromatic carbocycles. The largest absolute Gasteiger partial charge is 0.458 e. The van der Waals surface area contributed by atoms with Gasteiger partial charge in [-0.2, -0.15) is 13.2 Å². The van der Waals surface area contributed by atoms with Gasteiger partial charge in [0.1, 0.15) is 6.33 Å². The fraction of sp³-hybridized carbons (Fsp3) is 0.353. The Balaban J connectivity index is 1.85. The lowest BCUT2D eigenvalue weighted by atomic mass is 9.96. The molecule has 0 spiro atoms. The van der Waals surface area contributed by atoms with Crippen molar-refractivity contribution in [2.45, 2.75) is 38.1 Å². The number of rotatable bonds is 3. The Morgan fingerprint density at radius 3 is 2.36 bits per heavy atom. The van der Waals surface area contributed by atoms with E-state index in [1.807, 2.05) is 13.8 Å². The van der Waals surface area contributed by atoms with Gasteiger partial charge in [-0.05, 0) is 17.0 Å². The molecule has 0 saturated heterocycles. The van der Waals surface area contributed by atoms with E-state index in [9.17, 15) is 18.3 Å². The Bertz CT molecular complexity index is 804. The van der Waals surface area contributed by atoms with E-state index in [-0.39, 0.29) is 11.6 Å². The molecule has 8 heteroatoms. The van der Waals surface area contributed by atoms with Gasteiger partial charge in [-0.15, -0.1) is 0 Å². The van der Waals surface area contributed by atoms with E-state index in [0.717, 1.165) is 16.8 Å². The maximum atomic E-state index is 12.8. The van der Waals surface area contributed by atoms with Crippen LogP contribution in [0.25, 0.3) is 11.1 Å². The zero-order chi connectivity index (χ0) is 18.2. The van der Waals surface area contributed by atoms with Gasteiger partial charge in [0.25, 0.3) is 0 Å². The molecule has 1 N–H and O–H groups in total. The highest BCUT2D eigenvalue weighted by Gasteiger charge is 2.60. The highest BCUT2D eigenvalue weighted by atomic mass is 19.4. The van der Waals surface area contributed by atoms with Crippen LogP contribution < -0.4 is 0 Å². The number of halogens is 3. The predicted molar refractivity (Wildman–Crippen MR) is 84.8 cm³/mol. The second kappa shape index (κ2) is 6.11. The van der Waals surface area contributed by atoms with E-state index >= 15 is 0 Å². The van der Waals surface area contributed by atoms with Crippen molar-refractivity contribution >= 4 is 5.71 Å². The van der Waals surface area contributed by atoms with Crippen LogP contribution in [0.2, 0.25) is 0 Å². The second-order valence-electron chi connectivity index (χ2n) is 6.14. The predicted octanol–water partition coefficient (Wildman–Crippen LogP) is 3.64. The molecule has 25 heavy (non-hydrogen) atoms. The Morgan fingerprint density at radius 2 is 1.80 bits per heavy atom. The summed E-state index contributed by atoms with van der Waals surface area (Å²) in [6.07, 6.45) is -2.47. The Labute approximate surface area is 142 Å². The fourth-order valence-electron chi connectivity index (χ4n) is 2.59. The van der Waals surface area contributed by atoms with Crippen molar-refractivity contribution in [1.82, 2.24) is 9.97 Å². The van der Waals surface area contributed by atoms with Crippen LogP contribution in [0.15, 0.2) is 41.9 Å². The number of hydrogen-bond acceptors (Lipinski definition) is 5. The van der Waals surface area contributed by atoms with Crippen molar-refractivity contribution in [3.05, 3.63) is 48.0 Å². The zero-order valence-electron chi connectivity index (χ0n) is 13.6. The van der Waals surface area contributed by atoms with Gasteiger partial charge in [0.05, 0.1) is 17.8 Å². The van der Waals surface area contributed by atoms with Crippen molar-refractivity contribution < 1.29 is 23.1 Å². The number of alkyl halides is 3. The minimum atomic E-state index is -4.91. The Kier molecular flexibility index (Phi) is 4.24. The van der Waals surface area contributed by atoms with Crippen LogP contribution in [0.3, 0.4) is 0 Å². The summed E-state index contributed by atoms with van der Waals surface area (Å²) in [5, 5.41) is 12.9. The third-order valence-corrected chi connectivity index (χ3v) is 3.98. The fourth-order valence-corrected chi connectivity index (χ4v) is 2.59. The standard InChI is InChI=1S/C17H16F3N3O2/c1-10(2)15-13(8-21-9-22-15)11-3-5-12(6-4-11)14-7-16(24,25-23-14)17(18,19)20/h3-6,8-10,24H,7H2,1-2H3. The third kappa shape index (κ3) is 3.21. The third-order valence-electron chi connectivity index (χ3n) is 3.98. The van der Waals surface area contributed by atoms with Gasteiger partial charge in [0.15, 0.2) is 0 Å². The first kappa shape index (κ1) is 17.3. The van der Waals surface area contributed by atoms with E-state index < -0.39 is 18.4 Å². The molecule has 1 unspecified atom stereocenters. The summed E-state index contributed by atoms with van der Waals surface area (Å²) in [5.41, 5.74) is 3.08. The topological polar surface area (TPSA) is 67.6 Å². The quantitative estimate of drug-likeness (QED) is 0.917. The van der Waals surface area contributed by atoms with Gasteiger partial charge in [0.2, 0.25) is 0 Å². The number of aliphatic hydroxyl groups is 1. The Morgan fingerprint density at radius 1 is 1.16 bits per heavy atom. The highest BCUT2D eigenvalue weighted by Crippen LogP contribution is 2.39. The normalized spacial score (nSPS) is 20.5. The Hall–Kier alpha value is -2.48. The van der Waals surface area contributed by atoms with E-state index in [1.165, 1.54) is 6.33 Å². The van der Waals surface area contributed by atoms with Crippen LogP contribution in [-0.4, -0.2) is 32.7 Å². The van der Waals surface area contributed by atoms with Crippen molar-refractivity contribution in [3.63, 3.8) is 0 Å². The molecule has 0 fully saturated rings. The molecule has 132 valence electrons. The first-order chi connectivity index (χ1) is 11.7. The van der Waals surface area contributed by atoms with Crippen LogP contribution in [0.4, 0.5) is 13.2 Å². The summed E-state index contributed by atoms with van der Waals surface area (Å²) in [6.45, 7) is 4.03. The molecule has 0 bridgehead atoms. The summed E-state index contributed by atoms with van der Waals surface area (Å²) in [6, 6.07) is 6.79. The van der Waals surface area contributed by atoms with Crippen LogP contribution >= 0.6 is 0 Å². The number of benzene rings is 1. The molecule has 1 atom stereocenters. The summed E-state index contributed by atoms with van der Waals surface area (Å²) in [5.74, 6) is -3.06. The first-order valence-corrected chi connectivity index (χ1v) is 7.66. The maximum Gasteiger partial charge on any atom is 0.458 e. The van der Waals surface area contributed by atoms with Crippen LogP contribution in [0.5, 0.6) is 0 Å². The van der Waals surface area contributed by atoms with E-state index in [2.05, 4.69) is 20.0 Å². The molecular formula is C17H16F3N3O2. The number of nitrogens with zero attached hydrogens (tertiary/aromatic N) is 3. The van der Waals surface area contributed by atoms with Crippen LogP contribution in [-0.2, 0) is 4.84 Å². The van der Waals surface area contributed by atoms with Gasteiger partial charge < -0.3 is 9.94 Å². The lowest BCUT2D eigenvalue weighted by Crippen LogP contribution is -2.45. The second-order valence-corrected chi connectivity index (χ2v) is 6.14. The summed E-state index contributed by atoms with van der Waals surface area (Å²) in [4.78, 5) is 12.6. The van der Waals surface area contributed by atoms with Crippen molar-refractivity contribution in [1.29, 1.82) is 0 Å². The van der Waals surface area contributed by atoms with Gasteiger partial charge >= 0.3 is 12.0 Å². The molecule has 2 aromatic rings. The molecule has 1 aliphatic rings. The highest BCUT2D eigenvalue weighted by molar-refractivity contribution is 6.01. The molecule has 0 aliphatic carbocycles. The van der Waals surface area contributed by atoms with E-state index in [1.54, 1.807) is 30.5 Å². The average molecular weight is 351 g/mol. The van der Waals surface area contributed by atoms with Gasteiger partial charge in [0, 0.05) is 11.8 Å². The lowest BCUT2D eigenvalue weighted by molar-refractivity contribution is -0.355. The van der Waals surface area contributed by atoms with Gasteiger partial charge in [-0.1, -0.05) is 43.3 Å². The van der Waals surface area contributed by atoms with Crippen molar-refractivity contribution in [2.24, 2.45) is 5.16 Å². The molecule has 1 aliphatic heterocycles. The number of oxime groups is 1. The van der Waals surface area contributed by atoms with E-state index in [0.29, 0.717) is 5.56 Å². The summed E-state index contributed by atoms with van der Waals surface area (Å²) >= 11 is 0. The monoisotopic (exact) mass is 351 g/mol. The van der Waals surface area contributed by atoms with Crippen molar-refractivity contribution in [2.75, 3.05) is 0 Å². The summed E-state index contributed by atoms with van der Waals surface area (Å²) < 4.78 is 38.3. The number of aromatic nitrogens is 2. The minimum Gasteiger partial charge on any atom is -0.350 e. The molecule has 0 saturated carbocycles. The average Bonchev–Trinajstić information content (AvgIpc) is 2.98. The lowest BCUT2D eigenvalue weighted by Gasteiger charge is -2.22. The van der Waals surface area contributed by atoms with Crippen molar-refractivity contribution in [3.8, 4) is 11.1 Å². The molecule has 5 nitrogen and oxygen atoms in total. The smallest absolute Gasteiger partial charge is 0.350 e. The zero-order valence-corrected chi connectivity index (χ0v) is 13.6. The first-order valence-electron chi connectivity index (χ1n) is 7.66. The molecule has 2 heterocycles.